The molecule has 0 amide bonds. The van der Waals surface area contributed by atoms with E-state index in [9.17, 15) is 4.39 Å². The Morgan fingerprint density at radius 3 is 2.47 bits per heavy atom. The Morgan fingerprint density at radius 2 is 1.88 bits per heavy atom. The number of rotatable bonds is 2. The van der Waals surface area contributed by atoms with Crippen molar-refractivity contribution in [1.82, 2.24) is 4.90 Å². The monoisotopic (exact) mass is 237 g/mol. The molecule has 1 heterocycles. The molecule has 3 nitrogen and oxygen atoms in total. The maximum absolute atomic E-state index is 14.0. The van der Waals surface area contributed by atoms with Crippen molar-refractivity contribution in [1.29, 1.82) is 0 Å². The number of likely N-dealkylation sites (N-methyl/N-ethyl adjacent to an activating group) is 1. The number of nitrogens with two attached hydrogens (primary N) is 1. The first-order valence-corrected chi connectivity index (χ1v) is 6.07. The van der Waals surface area contributed by atoms with E-state index in [1.165, 1.54) is 6.07 Å². The fraction of sp³-hybridized carbons (Fsp3) is 0.538. The molecule has 1 aliphatic rings. The first-order chi connectivity index (χ1) is 8.09. The Morgan fingerprint density at radius 1 is 1.24 bits per heavy atom. The summed E-state index contributed by atoms with van der Waals surface area (Å²) in [7, 11) is 2.09. The van der Waals surface area contributed by atoms with E-state index in [1.807, 2.05) is 13.0 Å². The molecular weight excluding hydrogens is 217 g/mol. The van der Waals surface area contributed by atoms with Gasteiger partial charge in [-0.05, 0) is 25.6 Å². The standard InChI is InChI=1S/C13H20FN3/c1-10(15)11-4-3-5-12(14)13(11)17-8-6-16(2)7-9-17/h3-5,10H,6-9,15H2,1-2H3/t10-/m0/s1. The molecule has 0 aliphatic carbocycles. The average Bonchev–Trinajstić information content (AvgIpc) is 2.30. The van der Waals surface area contributed by atoms with Crippen LogP contribution in [-0.4, -0.2) is 38.1 Å². The predicted octanol–water partition coefficient (Wildman–Crippen LogP) is 1.60. The van der Waals surface area contributed by atoms with Crippen LogP contribution in [0.2, 0.25) is 0 Å². The summed E-state index contributed by atoms with van der Waals surface area (Å²) in [6.45, 7) is 5.54. The highest BCUT2D eigenvalue weighted by Crippen LogP contribution is 2.29. The lowest BCUT2D eigenvalue weighted by Gasteiger charge is -2.35. The molecule has 2 rings (SSSR count). The molecule has 0 aromatic heterocycles. The van der Waals surface area contributed by atoms with Gasteiger partial charge in [0.1, 0.15) is 5.82 Å². The van der Waals surface area contributed by atoms with Gasteiger partial charge in [0, 0.05) is 32.2 Å². The van der Waals surface area contributed by atoms with Gasteiger partial charge in [-0.25, -0.2) is 4.39 Å². The quantitative estimate of drug-likeness (QED) is 0.848. The minimum Gasteiger partial charge on any atom is -0.366 e. The van der Waals surface area contributed by atoms with Crippen molar-refractivity contribution in [2.24, 2.45) is 5.73 Å². The van der Waals surface area contributed by atoms with Crippen molar-refractivity contribution < 1.29 is 4.39 Å². The minimum atomic E-state index is -0.163. The van der Waals surface area contributed by atoms with E-state index in [1.54, 1.807) is 6.07 Å². The molecule has 0 spiro atoms. The van der Waals surface area contributed by atoms with E-state index in [4.69, 9.17) is 5.73 Å². The number of piperazine rings is 1. The van der Waals surface area contributed by atoms with Gasteiger partial charge in [0.05, 0.1) is 5.69 Å². The molecular formula is C13H20FN3. The number of halogens is 1. The number of hydrogen-bond donors (Lipinski definition) is 1. The normalized spacial score (nSPS) is 19.4. The van der Waals surface area contributed by atoms with Crippen LogP contribution in [0.4, 0.5) is 10.1 Å². The summed E-state index contributed by atoms with van der Waals surface area (Å²) in [4.78, 5) is 4.36. The van der Waals surface area contributed by atoms with Gasteiger partial charge in [0.25, 0.3) is 0 Å². The third-order valence-electron chi connectivity index (χ3n) is 3.33. The first-order valence-electron chi connectivity index (χ1n) is 6.07. The third kappa shape index (κ3) is 2.58. The second-order valence-corrected chi connectivity index (χ2v) is 4.76. The summed E-state index contributed by atoms with van der Waals surface area (Å²) in [6.07, 6.45) is 0. The molecule has 1 saturated heterocycles. The highest BCUT2D eigenvalue weighted by Gasteiger charge is 2.21. The van der Waals surface area contributed by atoms with Crippen LogP contribution < -0.4 is 10.6 Å². The van der Waals surface area contributed by atoms with Gasteiger partial charge in [0.2, 0.25) is 0 Å². The second-order valence-electron chi connectivity index (χ2n) is 4.76. The molecule has 1 aromatic rings. The zero-order valence-electron chi connectivity index (χ0n) is 10.5. The maximum atomic E-state index is 14.0. The third-order valence-corrected chi connectivity index (χ3v) is 3.33. The molecule has 1 aromatic carbocycles. The number of anilines is 1. The molecule has 17 heavy (non-hydrogen) atoms. The molecule has 94 valence electrons. The highest BCUT2D eigenvalue weighted by molar-refractivity contribution is 5.56. The fourth-order valence-corrected chi connectivity index (χ4v) is 2.26. The van der Waals surface area contributed by atoms with Gasteiger partial charge < -0.3 is 15.5 Å². The van der Waals surface area contributed by atoms with Crippen LogP contribution in [-0.2, 0) is 0 Å². The summed E-state index contributed by atoms with van der Waals surface area (Å²) in [5, 5.41) is 0. The zero-order chi connectivity index (χ0) is 12.4. The van der Waals surface area contributed by atoms with E-state index >= 15 is 0 Å². The molecule has 0 bridgehead atoms. The van der Waals surface area contributed by atoms with Crippen LogP contribution >= 0.6 is 0 Å². The second kappa shape index (κ2) is 5.02. The van der Waals surface area contributed by atoms with Gasteiger partial charge in [-0.1, -0.05) is 12.1 Å². The lowest BCUT2D eigenvalue weighted by Crippen LogP contribution is -2.45. The summed E-state index contributed by atoms with van der Waals surface area (Å²) in [5.74, 6) is -0.163. The van der Waals surface area contributed by atoms with Gasteiger partial charge >= 0.3 is 0 Å². The Kier molecular flexibility index (Phi) is 3.64. The molecule has 0 unspecified atom stereocenters. The van der Waals surface area contributed by atoms with E-state index in [-0.39, 0.29) is 11.9 Å². The van der Waals surface area contributed by atoms with Crippen LogP contribution in [0.15, 0.2) is 18.2 Å². The minimum absolute atomic E-state index is 0.139. The SMILES string of the molecule is C[C@H](N)c1cccc(F)c1N1CCN(C)CC1. The van der Waals surface area contributed by atoms with Crippen molar-refractivity contribution in [2.75, 3.05) is 38.1 Å². The first kappa shape index (κ1) is 12.3. The summed E-state index contributed by atoms with van der Waals surface area (Å²) in [6, 6.07) is 5.02. The van der Waals surface area contributed by atoms with Crippen molar-refractivity contribution in [3.05, 3.63) is 29.6 Å². The topological polar surface area (TPSA) is 32.5 Å². The Bertz CT molecular complexity index is 384. The van der Waals surface area contributed by atoms with Gasteiger partial charge in [-0.15, -0.1) is 0 Å². The van der Waals surface area contributed by atoms with Gasteiger partial charge in [-0.2, -0.15) is 0 Å². The Hall–Kier alpha value is -1.13. The van der Waals surface area contributed by atoms with Crippen LogP contribution in [0.25, 0.3) is 0 Å². The lowest BCUT2D eigenvalue weighted by molar-refractivity contribution is 0.311. The van der Waals surface area contributed by atoms with Crippen LogP contribution in [0.5, 0.6) is 0 Å². The van der Waals surface area contributed by atoms with Crippen LogP contribution in [0.3, 0.4) is 0 Å². The molecule has 1 aliphatic heterocycles. The Labute approximate surface area is 102 Å². The number of nitrogens with zero attached hydrogens (tertiary/aromatic N) is 2. The lowest BCUT2D eigenvalue weighted by atomic mass is 10.0. The summed E-state index contributed by atoms with van der Waals surface area (Å²) >= 11 is 0. The molecule has 1 atom stereocenters. The van der Waals surface area contributed by atoms with E-state index < -0.39 is 0 Å². The highest BCUT2D eigenvalue weighted by atomic mass is 19.1. The van der Waals surface area contributed by atoms with E-state index in [0.29, 0.717) is 5.69 Å². The van der Waals surface area contributed by atoms with Crippen molar-refractivity contribution >= 4 is 5.69 Å². The average molecular weight is 237 g/mol. The van der Waals surface area contributed by atoms with Crippen LogP contribution in [0.1, 0.15) is 18.5 Å². The summed E-state index contributed by atoms with van der Waals surface area (Å²) < 4.78 is 14.0. The predicted molar refractivity (Wildman–Crippen MR) is 68.7 cm³/mol. The molecule has 0 saturated carbocycles. The molecule has 0 radical (unpaired) electrons. The number of hydrogen-bond acceptors (Lipinski definition) is 3. The van der Waals surface area contributed by atoms with Crippen molar-refractivity contribution in [3.63, 3.8) is 0 Å². The maximum Gasteiger partial charge on any atom is 0.146 e. The Balaban J connectivity index is 2.30. The largest absolute Gasteiger partial charge is 0.366 e. The van der Waals surface area contributed by atoms with E-state index in [0.717, 1.165) is 31.7 Å². The fourth-order valence-electron chi connectivity index (χ4n) is 2.26. The van der Waals surface area contributed by atoms with Crippen molar-refractivity contribution in [3.8, 4) is 0 Å². The summed E-state index contributed by atoms with van der Waals surface area (Å²) in [5.41, 5.74) is 7.50. The van der Waals surface area contributed by atoms with E-state index in [2.05, 4.69) is 16.8 Å². The molecule has 1 fully saturated rings. The van der Waals surface area contributed by atoms with Gasteiger partial charge in [0.15, 0.2) is 0 Å². The van der Waals surface area contributed by atoms with Crippen LogP contribution in [0, 0.1) is 5.82 Å². The van der Waals surface area contributed by atoms with Gasteiger partial charge in [-0.3, -0.25) is 0 Å². The van der Waals surface area contributed by atoms with Crippen molar-refractivity contribution in [2.45, 2.75) is 13.0 Å². The zero-order valence-corrected chi connectivity index (χ0v) is 10.5. The molecule has 2 N–H and O–H groups in total. The smallest absolute Gasteiger partial charge is 0.146 e. The number of para-hydroxylation sites is 1. The molecule has 4 heteroatoms. The number of benzene rings is 1.